The van der Waals surface area contributed by atoms with Crippen LogP contribution in [0.25, 0.3) is 0 Å². The molecule has 1 aromatic rings. The second-order valence-electron chi connectivity index (χ2n) is 3.10. The normalized spacial score (nSPS) is 25.6. The van der Waals surface area contributed by atoms with Crippen LogP contribution in [0.4, 0.5) is 0 Å². The summed E-state index contributed by atoms with van der Waals surface area (Å²) >= 11 is 1.61. The van der Waals surface area contributed by atoms with Gasteiger partial charge in [-0.3, -0.25) is 9.78 Å². The summed E-state index contributed by atoms with van der Waals surface area (Å²) < 4.78 is 4.94. The van der Waals surface area contributed by atoms with Crippen molar-refractivity contribution >= 4 is 17.3 Å². The van der Waals surface area contributed by atoms with E-state index in [0.717, 1.165) is 6.42 Å². The van der Waals surface area contributed by atoms with Gasteiger partial charge in [-0.1, -0.05) is 0 Å². The average molecular weight is 197 g/mol. The van der Waals surface area contributed by atoms with Crippen LogP contribution in [-0.4, -0.2) is 17.6 Å². The molecule has 0 spiro atoms. The van der Waals surface area contributed by atoms with Gasteiger partial charge in [-0.05, 0) is 13.3 Å². The molecule has 2 atom stereocenters. The van der Waals surface area contributed by atoms with Crippen molar-refractivity contribution < 1.29 is 9.53 Å². The first-order valence-electron chi connectivity index (χ1n) is 4.38. The van der Waals surface area contributed by atoms with Gasteiger partial charge in [0.15, 0.2) is 0 Å². The third-order valence-corrected chi connectivity index (χ3v) is 3.10. The van der Waals surface area contributed by atoms with Crippen LogP contribution in [0.2, 0.25) is 0 Å². The lowest BCUT2D eigenvalue weighted by atomic mass is 10.3. The molecule has 1 aliphatic carbocycles. The van der Waals surface area contributed by atoms with Gasteiger partial charge in [0.2, 0.25) is 0 Å². The van der Waals surface area contributed by atoms with Gasteiger partial charge in [0.05, 0.1) is 18.0 Å². The molecular weight excluding hydrogens is 186 g/mol. The van der Waals surface area contributed by atoms with Gasteiger partial charge < -0.3 is 4.74 Å². The molecule has 1 heterocycles. The Morgan fingerprint density at radius 1 is 1.85 bits per heavy atom. The Morgan fingerprint density at radius 3 is 3.31 bits per heavy atom. The fraction of sp³-hybridized carbons (Fsp3) is 0.556. The number of carbonyl (C=O) groups excluding carboxylic acids is 1. The highest BCUT2D eigenvalue weighted by molar-refractivity contribution is 7.09. The zero-order valence-electron chi connectivity index (χ0n) is 7.40. The van der Waals surface area contributed by atoms with Crippen LogP contribution in [0.3, 0.4) is 0 Å². The van der Waals surface area contributed by atoms with Crippen molar-refractivity contribution in [3.63, 3.8) is 0 Å². The topological polar surface area (TPSA) is 39.2 Å². The van der Waals surface area contributed by atoms with E-state index in [0.29, 0.717) is 12.5 Å². The first-order valence-corrected chi connectivity index (χ1v) is 5.26. The summed E-state index contributed by atoms with van der Waals surface area (Å²) in [6.07, 6.45) is 2.77. The largest absolute Gasteiger partial charge is 0.466 e. The maximum Gasteiger partial charge on any atom is 0.309 e. The third kappa shape index (κ3) is 1.72. The van der Waals surface area contributed by atoms with Crippen molar-refractivity contribution in [2.75, 3.05) is 6.61 Å². The molecule has 70 valence electrons. The van der Waals surface area contributed by atoms with Crippen LogP contribution in [-0.2, 0) is 9.53 Å². The van der Waals surface area contributed by atoms with Gasteiger partial charge in [-0.25, -0.2) is 0 Å². The van der Waals surface area contributed by atoms with Crippen molar-refractivity contribution in [1.82, 2.24) is 4.98 Å². The van der Waals surface area contributed by atoms with Gasteiger partial charge in [0.1, 0.15) is 0 Å². The Bertz CT molecular complexity index is 297. The van der Waals surface area contributed by atoms with E-state index in [1.165, 1.54) is 4.88 Å². The number of hydrogen-bond acceptors (Lipinski definition) is 4. The predicted octanol–water partition coefficient (Wildman–Crippen LogP) is 1.81. The minimum absolute atomic E-state index is 0.0547. The molecule has 1 saturated carbocycles. The number of esters is 1. The number of hydrogen-bond donors (Lipinski definition) is 0. The molecule has 2 rings (SSSR count). The van der Waals surface area contributed by atoms with Crippen LogP contribution < -0.4 is 0 Å². The molecule has 0 aliphatic heterocycles. The fourth-order valence-electron chi connectivity index (χ4n) is 1.43. The third-order valence-electron chi connectivity index (χ3n) is 2.20. The van der Waals surface area contributed by atoms with E-state index >= 15 is 0 Å². The van der Waals surface area contributed by atoms with Gasteiger partial charge in [-0.2, -0.15) is 0 Å². The highest BCUT2D eigenvalue weighted by atomic mass is 32.1. The van der Waals surface area contributed by atoms with E-state index in [2.05, 4.69) is 4.98 Å². The first-order chi connectivity index (χ1) is 6.33. The molecule has 0 bridgehead atoms. The molecule has 0 N–H and O–H groups in total. The van der Waals surface area contributed by atoms with Crippen molar-refractivity contribution in [3.05, 3.63) is 16.6 Å². The lowest BCUT2D eigenvalue weighted by Gasteiger charge is -1.98. The lowest BCUT2D eigenvalue weighted by molar-refractivity contribution is -0.144. The summed E-state index contributed by atoms with van der Waals surface area (Å²) in [6.45, 7) is 2.31. The molecule has 0 amide bonds. The van der Waals surface area contributed by atoms with E-state index in [9.17, 15) is 4.79 Å². The summed E-state index contributed by atoms with van der Waals surface area (Å²) in [7, 11) is 0. The van der Waals surface area contributed by atoms with E-state index < -0.39 is 0 Å². The molecular formula is C9H11NO2S. The molecule has 1 aromatic heterocycles. The molecule has 4 heteroatoms. The monoisotopic (exact) mass is 197 g/mol. The Kier molecular flexibility index (Phi) is 2.31. The maximum absolute atomic E-state index is 11.3. The number of carbonyl (C=O) groups is 1. The molecule has 1 fully saturated rings. The Hall–Kier alpha value is -0.900. The summed E-state index contributed by atoms with van der Waals surface area (Å²) in [6, 6.07) is 0. The average Bonchev–Trinajstić information content (AvgIpc) is 2.74. The molecule has 0 unspecified atom stereocenters. The summed E-state index contributed by atoms with van der Waals surface area (Å²) in [4.78, 5) is 16.5. The standard InChI is InChI=1S/C9H11NO2S/c1-2-12-9(11)7-3-6(7)8-4-10-5-13-8/h4-7H,2-3H2,1H3/t6-,7-/m0/s1. The van der Waals surface area contributed by atoms with E-state index in [-0.39, 0.29) is 11.9 Å². The van der Waals surface area contributed by atoms with E-state index in [1.54, 1.807) is 16.8 Å². The Labute approximate surface area is 80.8 Å². The summed E-state index contributed by atoms with van der Waals surface area (Å²) in [5, 5.41) is 0. The second kappa shape index (κ2) is 3.46. The molecule has 3 nitrogen and oxygen atoms in total. The summed E-state index contributed by atoms with van der Waals surface area (Å²) in [5.74, 6) is 0.424. The predicted molar refractivity (Wildman–Crippen MR) is 49.6 cm³/mol. The quantitative estimate of drug-likeness (QED) is 0.694. The number of nitrogens with zero attached hydrogens (tertiary/aromatic N) is 1. The number of thiazole rings is 1. The first kappa shape index (κ1) is 8.69. The zero-order valence-corrected chi connectivity index (χ0v) is 8.21. The van der Waals surface area contributed by atoms with Crippen LogP contribution in [0.15, 0.2) is 11.7 Å². The summed E-state index contributed by atoms with van der Waals surface area (Å²) in [5.41, 5.74) is 1.80. The molecule has 0 radical (unpaired) electrons. The highest BCUT2D eigenvalue weighted by Gasteiger charge is 2.45. The fourth-order valence-corrected chi connectivity index (χ4v) is 2.23. The smallest absolute Gasteiger partial charge is 0.309 e. The number of rotatable bonds is 3. The molecule has 0 aromatic carbocycles. The van der Waals surface area contributed by atoms with Gasteiger partial charge in [-0.15, -0.1) is 11.3 Å². The highest BCUT2D eigenvalue weighted by Crippen LogP contribution is 2.49. The zero-order chi connectivity index (χ0) is 9.26. The van der Waals surface area contributed by atoms with Crippen LogP contribution in [0, 0.1) is 5.92 Å². The molecule has 0 saturated heterocycles. The van der Waals surface area contributed by atoms with Gasteiger partial charge in [0, 0.05) is 17.0 Å². The van der Waals surface area contributed by atoms with Crippen LogP contribution in [0.5, 0.6) is 0 Å². The minimum atomic E-state index is -0.0547. The lowest BCUT2D eigenvalue weighted by Crippen LogP contribution is -2.06. The van der Waals surface area contributed by atoms with Crippen molar-refractivity contribution in [3.8, 4) is 0 Å². The minimum Gasteiger partial charge on any atom is -0.466 e. The van der Waals surface area contributed by atoms with Crippen LogP contribution >= 0.6 is 11.3 Å². The van der Waals surface area contributed by atoms with E-state index in [4.69, 9.17) is 4.74 Å². The number of ether oxygens (including phenoxy) is 1. The van der Waals surface area contributed by atoms with Gasteiger partial charge in [0.25, 0.3) is 0 Å². The maximum atomic E-state index is 11.3. The molecule has 13 heavy (non-hydrogen) atoms. The van der Waals surface area contributed by atoms with Gasteiger partial charge >= 0.3 is 5.97 Å². The van der Waals surface area contributed by atoms with Crippen molar-refractivity contribution in [1.29, 1.82) is 0 Å². The van der Waals surface area contributed by atoms with Crippen molar-refractivity contribution in [2.24, 2.45) is 5.92 Å². The van der Waals surface area contributed by atoms with E-state index in [1.807, 2.05) is 13.1 Å². The SMILES string of the molecule is CCOC(=O)[C@H]1C[C@@H]1c1cncs1. The Morgan fingerprint density at radius 2 is 2.69 bits per heavy atom. The van der Waals surface area contributed by atoms with Crippen LogP contribution in [0.1, 0.15) is 24.1 Å². The Balaban J connectivity index is 1.92. The van der Waals surface area contributed by atoms with Crippen molar-refractivity contribution in [2.45, 2.75) is 19.3 Å². The molecule has 1 aliphatic rings. The number of aromatic nitrogens is 1. The second-order valence-corrected chi connectivity index (χ2v) is 4.02.